The van der Waals surface area contributed by atoms with Crippen molar-refractivity contribution in [1.82, 2.24) is 14.8 Å². The van der Waals surface area contributed by atoms with Crippen LogP contribution in [0.25, 0.3) is 0 Å². The summed E-state index contributed by atoms with van der Waals surface area (Å²) in [7, 11) is 1.81. The fraction of sp³-hybridized carbons (Fsp3) is 0.333. The number of nitrogens with zero attached hydrogens (tertiary/aromatic N) is 3. The molecule has 0 spiro atoms. The van der Waals surface area contributed by atoms with Gasteiger partial charge in [-0.25, -0.2) is 4.79 Å². The van der Waals surface area contributed by atoms with Crippen molar-refractivity contribution in [1.29, 1.82) is 0 Å². The highest BCUT2D eigenvalue weighted by Gasteiger charge is 2.19. The van der Waals surface area contributed by atoms with Gasteiger partial charge >= 0.3 is 5.97 Å². The van der Waals surface area contributed by atoms with Gasteiger partial charge in [0, 0.05) is 16.9 Å². The van der Waals surface area contributed by atoms with Crippen LogP contribution >= 0.6 is 34.7 Å². The number of benzene rings is 1. The zero-order chi connectivity index (χ0) is 23.1. The summed E-state index contributed by atoms with van der Waals surface area (Å²) in [6.45, 7) is 4.24. The van der Waals surface area contributed by atoms with E-state index in [-0.39, 0.29) is 24.9 Å². The van der Waals surface area contributed by atoms with Crippen LogP contribution in [0.5, 0.6) is 5.75 Å². The molecule has 0 fully saturated rings. The van der Waals surface area contributed by atoms with E-state index in [9.17, 15) is 9.59 Å². The summed E-state index contributed by atoms with van der Waals surface area (Å²) in [5.74, 6) is 0.729. The third-order valence-corrected chi connectivity index (χ3v) is 6.79. The fourth-order valence-corrected chi connectivity index (χ4v) is 4.49. The van der Waals surface area contributed by atoms with Crippen molar-refractivity contribution in [2.75, 3.05) is 17.7 Å². The third kappa shape index (κ3) is 6.24. The SMILES string of the molecule is CCOC(=O)c1cc(CC)sc1NC(=O)CSc1nnc(COc2ccc(Cl)cc2)n1C. The zero-order valence-corrected chi connectivity index (χ0v) is 20.3. The summed E-state index contributed by atoms with van der Waals surface area (Å²) >= 11 is 8.50. The molecule has 3 rings (SSSR count). The maximum absolute atomic E-state index is 12.5. The molecule has 1 amide bonds. The Bertz CT molecular complexity index is 1080. The minimum atomic E-state index is -0.440. The first-order valence-corrected chi connectivity index (χ1v) is 12.1. The van der Waals surface area contributed by atoms with Gasteiger partial charge in [-0.05, 0) is 43.7 Å². The third-order valence-electron chi connectivity index (χ3n) is 4.32. The Morgan fingerprint density at radius 2 is 1.97 bits per heavy atom. The second-order valence-corrected chi connectivity index (χ2v) is 9.08. The highest BCUT2D eigenvalue weighted by molar-refractivity contribution is 7.99. The first-order valence-electron chi connectivity index (χ1n) is 9.90. The lowest BCUT2D eigenvalue weighted by Crippen LogP contribution is -2.16. The van der Waals surface area contributed by atoms with E-state index in [1.165, 1.54) is 23.1 Å². The Morgan fingerprint density at radius 1 is 1.22 bits per heavy atom. The van der Waals surface area contributed by atoms with Gasteiger partial charge in [-0.1, -0.05) is 30.3 Å². The minimum Gasteiger partial charge on any atom is -0.486 e. The van der Waals surface area contributed by atoms with Gasteiger partial charge in [-0.3, -0.25) is 4.79 Å². The lowest BCUT2D eigenvalue weighted by molar-refractivity contribution is -0.113. The van der Waals surface area contributed by atoms with Gasteiger partial charge < -0.3 is 19.4 Å². The summed E-state index contributed by atoms with van der Waals surface area (Å²) in [5.41, 5.74) is 0.382. The van der Waals surface area contributed by atoms with E-state index in [0.29, 0.717) is 32.3 Å². The van der Waals surface area contributed by atoms with E-state index in [2.05, 4.69) is 15.5 Å². The summed E-state index contributed by atoms with van der Waals surface area (Å²) in [5, 5.41) is 12.8. The molecule has 2 aromatic heterocycles. The number of thiophene rings is 1. The molecule has 32 heavy (non-hydrogen) atoms. The maximum atomic E-state index is 12.5. The summed E-state index contributed by atoms with van der Waals surface area (Å²) in [6, 6.07) is 8.81. The van der Waals surface area contributed by atoms with Crippen molar-refractivity contribution in [2.45, 2.75) is 32.0 Å². The molecule has 0 saturated heterocycles. The van der Waals surface area contributed by atoms with Crippen molar-refractivity contribution >= 4 is 51.6 Å². The molecule has 0 aliphatic heterocycles. The molecular weight excluding hydrogens is 472 g/mol. The zero-order valence-electron chi connectivity index (χ0n) is 17.9. The highest BCUT2D eigenvalue weighted by atomic mass is 35.5. The Labute approximate surface area is 199 Å². The minimum absolute atomic E-state index is 0.117. The number of anilines is 1. The van der Waals surface area contributed by atoms with Crippen LogP contribution in [0.2, 0.25) is 5.02 Å². The number of thioether (sulfide) groups is 1. The number of rotatable bonds is 10. The van der Waals surface area contributed by atoms with E-state index < -0.39 is 5.97 Å². The molecular formula is C21H23ClN4O4S2. The van der Waals surface area contributed by atoms with Gasteiger partial charge in [0.05, 0.1) is 17.9 Å². The molecule has 0 bridgehead atoms. The number of nitrogens with one attached hydrogen (secondary N) is 1. The highest BCUT2D eigenvalue weighted by Crippen LogP contribution is 2.30. The number of hydrogen-bond acceptors (Lipinski definition) is 8. The monoisotopic (exact) mass is 494 g/mol. The number of aryl methyl sites for hydroxylation is 1. The fourth-order valence-electron chi connectivity index (χ4n) is 2.64. The van der Waals surface area contributed by atoms with Crippen LogP contribution in [0.1, 0.15) is 34.9 Å². The number of aromatic nitrogens is 3. The average molecular weight is 495 g/mol. The number of halogens is 1. The van der Waals surface area contributed by atoms with Gasteiger partial charge in [-0.2, -0.15) is 0 Å². The Kier molecular flexibility index (Phi) is 8.54. The standard InChI is InChI=1S/C21H23ClN4O4S2/c1-4-15-10-16(20(28)29-5-2)19(32-15)23-18(27)12-31-21-25-24-17(26(21)3)11-30-14-8-6-13(22)7-9-14/h6-10H,4-5,11-12H2,1-3H3,(H,23,27). The molecule has 1 aromatic carbocycles. The molecule has 0 unspecified atom stereocenters. The van der Waals surface area contributed by atoms with E-state index in [0.717, 1.165) is 11.3 Å². The Hall–Kier alpha value is -2.56. The van der Waals surface area contributed by atoms with E-state index in [1.807, 2.05) is 14.0 Å². The van der Waals surface area contributed by atoms with Crippen LogP contribution < -0.4 is 10.1 Å². The quantitative estimate of drug-likeness (QED) is 0.325. The van der Waals surface area contributed by atoms with Crippen molar-refractivity contribution < 1.29 is 19.1 Å². The lowest BCUT2D eigenvalue weighted by Gasteiger charge is -2.07. The number of ether oxygens (including phenoxy) is 2. The van der Waals surface area contributed by atoms with Gasteiger partial charge in [0.1, 0.15) is 17.4 Å². The molecule has 3 aromatic rings. The molecule has 2 heterocycles. The number of carbonyl (C=O) groups is 2. The van der Waals surface area contributed by atoms with Crippen molar-refractivity contribution in [3.8, 4) is 5.75 Å². The van der Waals surface area contributed by atoms with Crippen LogP contribution in [0.3, 0.4) is 0 Å². The molecule has 8 nitrogen and oxygen atoms in total. The van der Waals surface area contributed by atoms with E-state index in [4.69, 9.17) is 21.1 Å². The maximum Gasteiger partial charge on any atom is 0.341 e. The number of esters is 1. The van der Waals surface area contributed by atoms with E-state index >= 15 is 0 Å². The van der Waals surface area contributed by atoms with E-state index in [1.54, 1.807) is 41.8 Å². The molecule has 170 valence electrons. The van der Waals surface area contributed by atoms with Crippen molar-refractivity contribution in [3.63, 3.8) is 0 Å². The molecule has 0 aliphatic carbocycles. The van der Waals surface area contributed by atoms with Crippen molar-refractivity contribution in [2.24, 2.45) is 7.05 Å². The molecule has 0 atom stereocenters. The smallest absolute Gasteiger partial charge is 0.341 e. The van der Waals surface area contributed by atoms with Crippen LogP contribution in [0.4, 0.5) is 5.00 Å². The second kappa shape index (κ2) is 11.3. The molecule has 11 heteroatoms. The van der Waals surface area contributed by atoms with Crippen molar-refractivity contribution in [3.05, 3.63) is 51.6 Å². The molecule has 1 N–H and O–H groups in total. The average Bonchev–Trinajstić information content (AvgIpc) is 3.35. The first-order chi connectivity index (χ1) is 15.4. The molecule has 0 saturated carbocycles. The van der Waals surface area contributed by atoms with Gasteiger partial charge in [0.25, 0.3) is 0 Å². The first kappa shape index (κ1) is 24.1. The van der Waals surface area contributed by atoms with Crippen LogP contribution in [-0.4, -0.2) is 39.0 Å². The van der Waals surface area contributed by atoms with Gasteiger partial charge in [-0.15, -0.1) is 21.5 Å². The summed E-state index contributed by atoms with van der Waals surface area (Å²) < 4.78 is 12.6. The van der Waals surface area contributed by atoms with Gasteiger partial charge in [0.15, 0.2) is 11.0 Å². The Balaban J connectivity index is 1.57. The molecule has 0 radical (unpaired) electrons. The second-order valence-electron chi connectivity index (χ2n) is 6.57. The predicted molar refractivity (Wildman–Crippen MR) is 126 cm³/mol. The topological polar surface area (TPSA) is 95.3 Å². The number of hydrogen-bond donors (Lipinski definition) is 1. The predicted octanol–water partition coefficient (Wildman–Crippen LogP) is 4.58. The van der Waals surface area contributed by atoms with Gasteiger partial charge in [0.2, 0.25) is 5.91 Å². The summed E-state index contributed by atoms with van der Waals surface area (Å²) in [4.78, 5) is 25.7. The molecule has 0 aliphatic rings. The largest absolute Gasteiger partial charge is 0.486 e. The lowest BCUT2D eigenvalue weighted by atomic mass is 10.2. The normalized spacial score (nSPS) is 10.8. The van der Waals surface area contributed by atoms with Crippen LogP contribution in [0.15, 0.2) is 35.5 Å². The number of carbonyl (C=O) groups excluding carboxylic acids is 2. The summed E-state index contributed by atoms with van der Waals surface area (Å²) in [6.07, 6.45) is 0.765. The van der Waals surface area contributed by atoms with Crippen LogP contribution in [-0.2, 0) is 29.6 Å². The Morgan fingerprint density at radius 3 is 2.66 bits per heavy atom. The van der Waals surface area contributed by atoms with Crippen LogP contribution in [0, 0.1) is 0 Å². The number of amides is 1.